The number of hydrogen-bond acceptors (Lipinski definition) is 4. The molecule has 0 amide bonds. The van der Waals surface area contributed by atoms with Gasteiger partial charge in [-0.15, -0.1) is 0 Å². The van der Waals surface area contributed by atoms with Crippen LogP contribution in [0.1, 0.15) is 0 Å². The van der Waals surface area contributed by atoms with E-state index >= 15 is 0 Å². The molecule has 0 aliphatic carbocycles. The summed E-state index contributed by atoms with van der Waals surface area (Å²) < 4.78 is 4.82. The van der Waals surface area contributed by atoms with Crippen molar-refractivity contribution in [2.75, 3.05) is 6.26 Å². The Hall–Kier alpha value is -1.61. The van der Waals surface area contributed by atoms with Crippen molar-refractivity contribution in [3.8, 4) is 22.5 Å². The minimum Gasteiger partial charge on any atom is -0.870 e. The van der Waals surface area contributed by atoms with E-state index < -0.39 is 0 Å². The zero-order valence-electron chi connectivity index (χ0n) is 17.0. The maximum Gasteiger partial charge on any atom is 1.00 e. The molecule has 2 N–H and O–H groups in total. The van der Waals surface area contributed by atoms with E-state index in [2.05, 4.69) is 38.8 Å². The second kappa shape index (κ2) is 12.2. The van der Waals surface area contributed by atoms with Crippen molar-refractivity contribution in [3.05, 3.63) is 77.8 Å². The van der Waals surface area contributed by atoms with Gasteiger partial charge in [-0.2, -0.15) is 0 Å². The van der Waals surface area contributed by atoms with E-state index in [1.807, 2.05) is 73.7 Å². The molecule has 2 aromatic carbocycles. The van der Waals surface area contributed by atoms with Gasteiger partial charge >= 0.3 is 29.6 Å². The molecule has 0 spiro atoms. The quantitative estimate of drug-likeness (QED) is 0.305. The number of nitrogens with zero attached hydrogens (tertiary/aromatic N) is 3. The molecule has 146 valence electrons. The third-order valence-corrected chi connectivity index (χ3v) is 5.40. The fourth-order valence-corrected chi connectivity index (χ4v) is 3.47. The topological polar surface area (TPSA) is 68.5 Å². The molecule has 4 rings (SSSR count). The Bertz CT molecular complexity index is 1060. The van der Waals surface area contributed by atoms with Gasteiger partial charge in [0.1, 0.15) is 0 Å². The van der Waals surface area contributed by atoms with Crippen LogP contribution in [0.2, 0.25) is 0 Å². The number of aromatic nitrogens is 4. The van der Waals surface area contributed by atoms with E-state index in [-0.39, 0.29) is 35.0 Å². The average Bonchev–Trinajstić information content (AvgIpc) is 3.26. The predicted octanol–water partition coefficient (Wildman–Crippen LogP) is 2.39. The summed E-state index contributed by atoms with van der Waals surface area (Å²) in [4.78, 5) is 7.35. The van der Waals surface area contributed by atoms with Crippen molar-refractivity contribution in [1.29, 1.82) is 0 Å². The maximum atomic E-state index is 5.08. The van der Waals surface area contributed by atoms with Gasteiger partial charge in [-0.25, -0.2) is 4.98 Å². The summed E-state index contributed by atoms with van der Waals surface area (Å²) in [5, 5.41) is 1.05. The molecular weight excluding hydrogens is 411 g/mol. The Morgan fingerprint density at radius 1 is 0.862 bits per heavy atom. The summed E-state index contributed by atoms with van der Waals surface area (Å²) in [6.45, 7) is 0. The molecule has 4 aromatic rings. The van der Waals surface area contributed by atoms with Crippen molar-refractivity contribution in [3.63, 3.8) is 0 Å². The fourth-order valence-electron chi connectivity index (χ4n) is 2.78. The third-order valence-electron chi connectivity index (χ3n) is 4.27. The van der Waals surface area contributed by atoms with Crippen LogP contribution in [-0.4, -0.2) is 30.8 Å². The first-order chi connectivity index (χ1) is 13.1. The van der Waals surface area contributed by atoms with E-state index in [0.717, 1.165) is 21.3 Å². The second-order valence-electron chi connectivity index (χ2n) is 5.96. The first-order valence-electron chi connectivity index (χ1n) is 8.52. The Morgan fingerprint density at radius 2 is 1.38 bits per heavy atom. The van der Waals surface area contributed by atoms with Gasteiger partial charge in [-0.3, -0.25) is 0 Å². The van der Waals surface area contributed by atoms with Gasteiger partial charge < -0.3 is 19.6 Å². The molecule has 0 saturated carbocycles. The van der Waals surface area contributed by atoms with Crippen LogP contribution in [0.5, 0.6) is 0 Å². The van der Waals surface area contributed by atoms with Gasteiger partial charge in [-0.1, -0.05) is 72.4 Å². The first-order valence-corrected chi connectivity index (χ1v) is 10.2. The Kier molecular flexibility index (Phi) is 10.7. The molecule has 2 heterocycles. The summed E-state index contributed by atoms with van der Waals surface area (Å²) in [6.07, 6.45) is 5.88. The number of aromatic amines is 1. The normalized spacial score (nSPS) is 9.62. The van der Waals surface area contributed by atoms with Gasteiger partial charge in [0.25, 0.3) is 0 Å². The van der Waals surface area contributed by atoms with Crippen molar-refractivity contribution < 1.29 is 35.0 Å². The van der Waals surface area contributed by atoms with Crippen LogP contribution in [0.3, 0.4) is 0 Å². The number of rotatable bonds is 3. The Balaban J connectivity index is 0.000000272. The van der Waals surface area contributed by atoms with Crippen LogP contribution in [0.25, 0.3) is 22.5 Å². The van der Waals surface area contributed by atoms with Gasteiger partial charge in [0.15, 0.2) is 9.93 Å². The van der Waals surface area contributed by atoms with E-state index in [0.29, 0.717) is 0 Å². The first kappa shape index (κ1) is 25.4. The molecule has 5 nitrogen and oxygen atoms in total. The summed E-state index contributed by atoms with van der Waals surface area (Å²) >= 11 is 6.74. The summed E-state index contributed by atoms with van der Waals surface area (Å²) in [6, 6.07) is 20.5. The zero-order valence-corrected chi connectivity index (χ0v) is 20.7. The van der Waals surface area contributed by atoms with Gasteiger partial charge in [-0.05, 0) is 29.6 Å². The number of thioether (sulfide) groups is 1. The van der Waals surface area contributed by atoms with Crippen LogP contribution in [0, 0.1) is 4.77 Å². The van der Waals surface area contributed by atoms with E-state index in [1.165, 1.54) is 11.1 Å². The van der Waals surface area contributed by atoms with Gasteiger partial charge in [0, 0.05) is 20.3 Å². The van der Waals surface area contributed by atoms with Crippen LogP contribution in [0.15, 0.2) is 78.2 Å². The molecular formula is C21H23N4NaOS2. The molecule has 0 bridgehead atoms. The minimum absolute atomic E-state index is 0. The molecule has 0 radical (unpaired) electrons. The third kappa shape index (κ3) is 6.18. The average molecular weight is 435 g/mol. The largest absolute Gasteiger partial charge is 1.00 e. The van der Waals surface area contributed by atoms with Gasteiger partial charge in [0.2, 0.25) is 0 Å². The number of hydrogen-bond donors (Lipinski definition) is 1. The predicted molar refractivity (Wildman–Crippen MR) is 118 cm³/mol. The zero-order chi connectivity index (χ0) is 19.2. The van der Waals surface area contributed by atoms with E-state index in [4.69, 9.17) is 12.2 Å². The number of benzene rings is 2. The second-order valence-corrected chi connectivity index (χ2v) is 7.12. The van der Waals surface area contributed by atoms with Crippen molar-refractivity contribution in [2.45, 2.75) is 5.16 Å². The number of nitrogens with one attached hydrogen (secondary N) is 1. The monoisotopic (exact) mass is 434 g/mol. The van der Waals surface area contributed by atoms with Crippen molar-refractivity contribution >= 4 is 24.0 Å². The number of H-pyrrole nitrogens is 1. The molecule has 8 heteroatoms. The molecule has 0 saturated heterocycles. The standard InChI is InChI=1S/C11H12N2S.C10H10N2S.Na.H2O/c1-13-10(8-12-11(13)14-2)9-6-4-3-5-7-9;1-12-9(7-11-10(12)13)8-5-3-2-4-6-8;;/h3-8H,1-2H3;2-7H,1H3,(H,11,13);;1H2/q;;+1;/p-1. The van der Waals surface area contributed by atoms with Crippen LogP contribution < -0.4 is 29.6 Å². The minimum atomic E-state index is 0. The number of imidazole rings is 2. The molecule has 29 heavy (non-hydrogen) atoms. The molecule has 0 fully saturated rings. The molecule has 0 atom stereocenters. The Morgan fingerprint density at radius 3 is 1.79 bits per heavy atom. The van der Waals surface area contributed by atoms with Crippen LogP contribution in [0.4, 0.5) is 0 Å². The Labute approximate surface area is 202 Å². The van der Waals surface area contributed by atoms with Gasteiger partial charge in [0.05, 0.1) is 17.6 Å². The molecule has 0 aliphatic heterocycles. The SMILES string of the molecule is CSc1ncc(-c2ccccc2)n1C.Cn1c(-c2ccccc2)c[nH]c1=S.[Na+].[OH-]. The summed E-state index contributed by atoms with van der Waals surface area (Å²) in [5.41, 5.74) is 4.67. The molecule has 0 aliphatic rings. The smallest absolute Gasteiger partial charge is 0.870 e. The van der Waals surface area contributed by atoms with Crippen molar-refractivity contribution in [1.82, 2.24) is 19.1 Å². The summed E-state index contributed by atoms with van der Waals surface area (Å²) in [7, 11) is 4.00. The summed E-state index contributed by atoms with van der Waals surface area (Å²) in [5.74, 6) is 0. The van der Waals surface area contributed by atoms with Crippen LogP contribution in [-0.2, 0) is 14.1 Å². The van der Waals surface area contributed by atoms with E-state index in [9.17, 15) is 0 Å². The van der Waals surface area contributed by atoms with E-state index in [1.54, 1.807) is 11.8 Å². The van der Waals surface area contributed by atoms with Crippen molar-refractivity contribution in [2.24, 2.45) is 14.1 Å². The van der Waals surface area contributed by atoms with Crippen LogP contribution >= 0.6 is 24.0 Å². The maximum absolute atomic E-state index is 5.08. The fraction of sp³-hybridized carbons (Fsp3) is 0.143. The molecule has 2 aromatic heterocycles. The molecule has 0 unspecified atom stereocenters.